The zero-order valence-corrected chi connectivity index (χ0v) is 15.7. The number of hydrogen-bond donors (Lipinski definition) is 2. The first-order valence-corrected chi connectivity index (χ1v) is 9.67. The third kappa shape index (κ3) is 2.99. The second-order valence-corrected chi connectivity index (χ2v) is 8.78. The number of halogens is 1. The van der Waals surface area contributed by atoms with Crippen LogP contribution in [0.15, 0.2) is 12.4 Å². The lowest BCUT2D eigenvalue weighted by molar-refractivity contribution is -0.128. The van der Waals surface area contributed by atoms with Crippen molar-refractivity contribution in [1.29, 1.82) is 0 Å². The molecule has 1 amide bonds. The lowest BCUT2D eigenvalue weighted by Gasteiger charge is -2.54. The first-order valence-electron chi connectivity index (χ1n) is 9.67. The van der Waals surface area contributed by atoms with E-state index in [0.717, 1.165) is 36.8 Å². The maximum atomic E-state index is 13.0. The Morgan fingerprint density at radius 3 is 2.44 bits per heavy atom. The van der Waals surface area contributed by atoms with Crippen LogP contribution in [0, 0.1) is 29.6 Å². The van der Waals surface area contributed by atoms with Crippen LogP contribution >= 0.6 is 12.4 Å². The minimum absolute atomic E-state index is 0. The van der Waals surface area contributed by atoms with Crippen LogP contribution in [0.1, 0.15) is 43.6 Å². The smallest absolute Gasteiger partial charge is 0.225 e. The molecular weight excluding hydrogens is 336 g/mol. The van der Waals surface area contributed by atoms with Crippen molar-refractivity contribution in [2.45, 2.75) is 44.1 Å². The Bertz CT molecular complexity index is 617. The minimum Gasteiger partial charge on any atom is -0.353 e. The van der Waals surface area contributed by atoms with Crippen LogP contribution in [0.3, 0.4) is 0 Å². The van der Waals surface area contributed by atoms with Crippen LogP contribution in [0.2, 0.25) is 0 Å². The summed E-state index contributed by atoms with van der Waals surface area (Å²) >= 11 is 0. The molecule has 0 unspecified atom stereocenters. The maximum Gasteiger partial charge on any atom is 0.225 e. The molecule has 1 aromatic rings. The van der Waals surface area contributed by atoms with Crippen molar-refractivity contribution >= 4 is 18.3 Å². The standard InChI is InChI=1S/C19H28N4O.ClH/c1-23-10-15(7-21-23)16-8-20-9-17(16)19(24)22-18-13-3-11-2-12(5-13)6-14(18)4-11;/h7,10-14,16-18,20H,2-6,8-9H2,1H3,(H,22,24);1H/t11?,12?,13?,14?,16-,17+,18?;/m1./s1. The molecule has 0 spiro atoms. The molecule has 2 atom stereocenters. The molecule has 6 heteroatoms. The van der Waals surface area contributed by atoms with Gasteiger partial charge in [-0.05, 0) is 61.3 Å². The van der Waals surface area contributed by atoms with Crippen molar-refractivity contribution in [2.75, 3.05) is 13.1 Å². The predicted octanol–water partition coefficient (Wildman–Crippen LogP) is 2.09. The van der Waals surface area contributed by atoms with Gasteiger partial charge in [-0.1, -0.05) is 0 Å². The molecule has 4 bridgehead atoms. The molecule has 5 fully saturated rings. The summed E-state index contributed by atoms with van der Waals surface area (Å²) in [5.41, 5.74) is 1.19. The van der Waals surface area contributed by atoms with Gasteiger partial charge in [0.15, 0.2) is 0 Å². The van der Waals surface area contributed by atoms with Gasteiger partial charge in [-0.25, -0.2) is 0 Å². The summed E-state index contributed by atoms with van der Waals surface area (Å²) in [6.07, 6.45) is 10.9. The Morgan fingerprint density at radius 1 is 1.16 bits per heavy atom. The molecule has 138 valence electrons. The molecule has 1 saturated heterocycles. The molecule has 25 heavy (non-hydrogen) atoms. The van der Waals surface area contributed by atoms with E-state index in [2.05, 4.69) is 21.9 Å². The number of aromatic nitrogens is 2. The Hall–Kier alpha value is -1.07. The summed E-state index contributed by atoms with van der Waals surface area (Å²) in [7, 11) is 1.94. The highest BCUT2D eigenvalue weighted by molar-refractivity contribution is 5.85. The summed E-state index contributed by atoms with van der Waals surface area (Å²) in [6.45, 7) is 1.67. The summed E-state index contributed by atoms with van der Waals surface area (Å²) in [4.78, 5) is 13.0. The summed E-state index contributed by atoms with van der Waals surface area (Å²) in [5, 5.41) is 11.2. The quantitative estimate of drug-likeness (QED) is 0.863. The SMILES string of the molecule is Cl.Cn1cc([C@H]2CNC[C@@H]2C(=O)NC2C3CC4CC(C3)CC2C4)cn1. The molecule has 2 N–H and O–H groups in total. The molecule has 0 radical (unpaired) electrons. The molecule has 4 saturated carbocycles. The monoisotopic (exact) mass is 364 g/mol. The average Bonchev–Trinajstić information content (AvgIpc) is 3.18. The molecule has 2 heterocycles. The molecule has 5 aliphatic rings. The largest absolute Gasteiger partial charge is 0.353 e. The van der Waals surface area contributed by atoms with Crippen molar-refractivity contribution in [3.63, 3.8) is 0 Å². The van der Waals surface area contributed by atoms with Gasteiger partial charge in [-0.3, -0.25) is 9.48 Å². The number of aryl methyl sites for hydroxylation is 1. The summed E-state index contributed by atoms with van der Waals surface area (Å²) in [5.74, 6) is 3.98. The molecular formula is C19H29ClN4O. The topological polar surface area (TPSA) is 59.0 Å². The molecule has 6 rings (SSSR count). The van der Waals surface area contributed by atoms with Crippen molar-refractivity contribution in [2.24, 2.45) is 36.6 Å². The van der Waals surface area contributed by atoms with Gasteiger partial charge < -0.3 is 10.6 Å². The van der Waals surface area contributed by atoms with E-state index < -0.39 is 0 Å². The number of nitrogens with one attached hydrogen (secondary N) is 2. The normalized spacial score (nSPS) is 41.6. The third-order valence-corrected chi connectivity index (χ3v) is 7.24. The van der Waals surface area contributed by atoms with Crippen molar-refractivity contribution < 1.29 is 4.79 Å². The van der Waals surface area contributed by atoms with Gasteiger partial charge in [0.05, 0.1) is 12.1 Å². The number of amides is 1. The Balaban J connectivity index is 0.00000157. The van der Waals surface area contributed by atoms with Crippen molar-refractivity contribution in [1.82, 2.24) is 20.4 Å². The maximum absolute atomic E-state index is 13.0. The number of rotatable bonds is 3. The minimum atomic E-state index is 0. The van der Waals surface area contributed by atoms with Gasteiger partial charge in [-0.2, -0.15) is 5.10 Å². The van der Waals surface area contributed by atoms with Crippen LogP contribution in [-0.4, -0.2) is 34.8 Å². The van der Waals surface area contributed by atoms with Crippen molar-refractivity contribution in [3.05, 3.63) is 18.0 Å². The molecule has 1 aromatic heterocycles. The number of carbonyl (C=O) groups is 1. The third-order valence-electron chi connectivity index (χ3n) is 7.24. The lowest BCUT2D eigenvalue weighted by Crippen LogP contribution is -2.57. The highest BCUT2D eigenvalue weighted by atomic mass is 35.5. The van der Waals surface area contributed by atoms with E-state index in [-0.39, 0.29) is 30.2 Å². The lowest BCUT2D eigenvalue weighted by atomic mass is 9.54. The van der Waals surface area contributed by atoms with Crippen LogP contribution in [0.5, 0.6) is 0 Å². The summed E-state index contributed by atoms with van der Waals surface area (Å²) < 4.78 is 1.83. The number of carbonyl (C=O) groups excluding carboxylic acids is 1. The van der Waals surface area contributed by atoms with E-state index in [1.807, 2.05) is 17.9 Å². The number of nitrogens with zero attached hydrogens (tertiary/aromatic N) is 2. The van der Waals surface area contributed by atoms with Crippen LogP contribution in [-0.2, 0) is 11.8 Å². The van der Waals surface area contributed by atoms with Gasteiger partial charge in [0, 0.05) is 38.3 Å². The average molecular weight is 365 g/mol. The number of hydrogen-bond acceptors (Lipinski definition) is 3. The highest BCUT2D eigenvalue weighted by Crippen LogP contribution is 2.53. The van der Waals surface area contributed by atoms with E-state index >= 15 is 0 Å². The second-order valence-electron chi connectivity index (χ2n) is 8.78. The van der Waals surface area contributed by atoms with Crippen LogP contribution in [0.4, 0.5) is 0 Å². The first kappa shape index (κ1) is 17.3. The van der Waals surface area contributed by atoms with Gasteiger partial charge in [0.2, 0.25) is 5.91 Å². The van der Waals surface area contributed by atoms with E-state index in [9.17, 15) is 4.79 Å². The van der Waals surface area contributed by atoms with Gasteiger partial charge in [0.25, 0.3) is 0 Å². The van der Waals surface area contributed by atoms with E-state index in [0.29, 0.717) is 6.04 Å². The molecule has 5 nitrogen and oxygen atoms in total. The van der Waals surface area contributed by atoms with E-state index in [4.69, 9.17) is 0 Å². The second kappa shape index (κ2) is 6.58. The highest BCUT2D eigenvalue weighted by Gasteiger charge is 2.49. The van der Waals surface area contributed by atoms with Gasteiger partial charge in [-0.15, -0.1) is 12.4 Å². The molecule has 4 aliphatic carbocycles. The zero-order valence-electron chi connectivity index (χ0n) is 14.9. The van der Waals surface area contributed by atoms with E-state index in [1.165, 1.54) is 37.7 Å². The fraction of sp³-hybridized carbons (Fsp3) is 0.789. The Labute approximate surface area is 155 Å². The Kier molecular flexibility index (Phi) is 4.57. The first-order chi connectivity index (χ1) is 11.7. The van der Waals surface area contributed by atoms with Crippen LogP contribution in [0.25, 0.3) is 0 Å². The molecule has 0 aromatic carbocycles. The fourth-order valence-electron chi connectivity index (χ4n) is 6.37. The fourth-order valence-corrected chi connectivity index (χ4v) is 6.37. The van der Waals surface area contributed by atoms with Gasteiger partial charge in [0.1, 0.15) is 0 Å². The van der Waals surface area contributed by atoms with Gasteiger partial charge >= 0.3 is 0 Å². The zero-order chi connectivity index (χ0) is 16.3. The predicted molar refractivity (Wildman–Crippen MR) is 98.5 cm³/mol. The Morgan fingerprint density at radius 2 is 1.84 bits per heavy atom. The van der Waals surface area contributed by atoms with E-state index in [1.54, 1.807) is 0 Å². The summed E-state index contributed by atoms with van der Waals surface area (Å²) in [6, 6.07) is 0.445. The van der Waals surface area contributed by atoms with Crippen LogP contribution < -0.4 is 10.6 Å². The molecule has 1 aliphatic heterocycles. The van der Waals surface area contributed by atoms with Crippen molar-refractivity contribution in [3.8, 4) is 0 Å².